The molecule has 6 nitrogen and oxygen atoms in total. The number of carbonyl (C=O) groups excluding carboxylic acids is 1. The molecule has 1 aliphatic heterocycles. The zero-order valence-corrected chi connectivity index (χ0v) is 16.8. The van der Waals surface area contributed by atoms with Gasteiger partial charge in [-0.05, 0) is 30.4 Å². The van der Waals surface area contributed by atoms with Crippen LogP contribution in [0.25, 0.3) is 10.9 Å². The zero-order chi connectivity index (χ0) is 20.2. The molecule has 1 N–H and O–H groups in total. The second-order valence-electron chi connectivity index (χ2n) is 7.82. The second kappa shape index (κ2) is 8.84. The first-order valence-corrected chi connectivity index (χ1v) is 10.3. The van der Waals surface area contributed by atoms with Crippen LogP contribution in [-0.4, -0.2) is 38.9 Å². The van der Waals surface area contributed by atoms with Crippen LogP contribution in [0.15, 0.2) is 42.6 Å². The van der Waals surface area contributed by atoms with Crippen molar-refractivity contribution in [3.63, 3.8) is 0 Å². The van der Waals surface area contributed by atoms with Crippen LogP contribution in [0.1, 0.15) is 55.1 Å². The number of aliphatic hydroxyl groups is 1. The number of fused-ring (bicyclic) bond motifs is 1. The van der Waals surface area contributed by atoms with E-state index in [9.17, 15) is 9.90 Å². The second-order valence-corrected chi connectivity index (χ2v) is 7.82. The Labute approximate surface area is 170 Å². The molecule has 4 rings (SSSR count). The molecule has 0 amide bonds. The smallest absolute Gasteiger partial charge is 0.139 e. The van der Waals surface area contributed by atoms with Crippen molar-refractivity contribution in [2.45, 2.75) is 51.2 Å². The lowest BCUT2D eigenvalue weighted by Gasteiger charge is -2.23. The maximum absolute atomic E-state index is 12.6. The van der Waals surface area contributed by atoms with E-state index in [0.717, 1.165) is 42.5 Å². The van der Waals surface area contributed by atoms with Gasteiger partial charge in [-0.25, -0.2) is 0 Å². The van der Waals surface area contributed by atoms with Crippen molar-refractivity contribution in [1.82, 2.24) is 14.8 Å². The van der Waals surface area contributed by atoms with Crippen LogP contribution in [0.2, 0.25) is 0 Å². The molecular weight excluding hydrogens is 366 g/mol. The molecule has 152 valence electrons. The number of aliphatic hydroxyl groups excluding tert-OH is 1. The third-order valence-electron chi connectivity index (χ3n) is 5.67. The van der Waals surface area contributed by atoms with Crippen LogP contribution >= 0.6 is 0 Å². The summed E-state index contributed by atoms with van der Waals surface area (Å²) in [5.74, 6) is 0.315. The van der Waals surface area contributed by atoms with Crippen molar-refractivity contribution in [2.75, 3.05) is 13.2 Å². The van der Waals surface area contributed by atoms with Crippen LogP contribution in [0, 0.1) is 0 Å². The molecule has 1 saturated heterocycles. The summed E-state index contributed by atoms with van der Waals surface area (Å²) in [5, 5.41) is 15.4. The van der Waals surface area contributed by atoms with Gasteiger partial charge >= 0.3 is 0 Å². The lowest BCUT2D eigenvalue weighted by Crippen LogP contribution is -2.21. The number of benzene rings is 1. The standard InChI is InChI=1S/C23H27N3O3/c1-16(17-5-3-2-4-6-17)11-21(28)13-19-12-18-14-24-26(20-7-9-29-10-8-20)23(18)22(15-27)25-19/h2-6,12,14,16,20,27H,7-11,13,15H2,1H3/t16-/m0/s1. The molecule has 1 atom stereocenters. The minimum absolute atomic E-state index is 0.147. The fraction of sp³-hybridized carbons (Fsp3) is 0.435. The molecule has 6 heteroatoms. The van der Waals surface area contributed by atoms with E-state index in [0.29, 0.717) is 17.8 Å². The third-order valence-corrected chi connectivity index (χ3v) is 5.67. The van der Waals surface area contributed by atoms with E-state index in [1.54, 1.807) is 0 Å². The molecule has 0 unspecified atom stereocenters. The molecule has 3 heterocycles. The number of Topliss-reactive ketones (excluding diaryl/α,β-unsaturated/α-hetero) is 1. The summed E-state index contributed by atoms with van der Waals surface area (Å²) >= 11 is 0. The monoisotopic (exact) mass is 393 g/mol. The predicted octanol–water partition coefficient (Wildman–Crippen LogP) is 3.58. The van der Waals surface area contributed by atoms with E-state index in [4.69, 9.17) is 4.74 Å². The zero-order valence-electron chi connectivity index (χ0n) is 16.8. The highest BCUT2D eigenvalue weighted by molar-refractivity contribution is 5.85. The molecule has 0 spiro atoms. The quantitative estimate of drug-likeness (QED) is 0.664. The number of aromatic nitrogens is 3. The van der Waals surface area contributed by atoms with E-state index in [2.05, 4.69) is 29.1 Å². The Morgan fingerprint density at radius 1 is 1.28 bits per heavy atom. The number of hydrogen-bond donors (Lipinski definition) is 1. The molecule has 3 aromatic rings. The summed E-state index contributed by atoms with van der Waals surface area (Å²) in [6.45, 7) is 3.34. The maximum atomic E-state index is 12.6. The molecule has 0 aliphatic carbocycles. The molecule has 1 aliphatic rings. The van der Waals surface area contributed by atoms with Crippen LogP contribution in [0.5, 0.6) is 0 Å². The minimum Gasteiger partial charge on any atom is -0.390 e. The molecule has 0 bridgehead atoms. The molecule has 1 aromatic carbocycles. The molecule has 1 fully saturated rings. The van der Waals surface area contributed by atoms with Gasteiger partial charge < -0.3 is 9.84 Å². The maximum Gasteiger partial charge on any atom is 0.139 e. The van der Waals surface area contributed by atoms with Gasteiger partial charge in [0.1, 0.15) is 5.78 Å². The van der Waals surface area contributed by atoms with Gasteiger partial charge in [0.25, 0.3) is 0 Å². The van der Waals surface area contributed by atoms with Crippen molar-refractivity contribution in [3.8, 4) is 0 Å². The summed E-state index contributed by atoms with van der Waals surface area (Å²) in [5.41, 5.74) is 3.31. The van der Waals surface area contributed by atoms with Gasteiger partial charge in [0.2, 0.25) is 0 Å². The normalized spacial score (nSPS) is 16.2. The Morgan fingerprint density at radius 3 is 2.76 bits per heavy atom. The van der Waals surface area contributed by atoms with Crippen LogP contribution < -0.4 is 0 Å². The Kier molecular flexibility index (Phi) is 6.02. The molecular formula is C23H27N3O3. The van der Waals surface area contributed by atoms with Gasteiger partial charge in [-0.2, -0.15) is 5.10 Å². The van der Waals surface area contributed by atoms with Gasteiger partial charge in [-0.1, -0.05) is 37.3 Å². The summed E-state index contributed by atoms with van der Waals surface area (Å²) in [4.78, 5) is 17.3. The molecule has 0 saturated carbocycles. The fourth-order valence-corrected chi connectivity index (χ4v) is 4.14. The number of carbonyl (C=O) groups is 1. The van der Waals surface area contributed by atoms with Crippen molar-refractivity contribution in [3.05, 3.63) is 59.5 Å². The first-order chi connectivity index (χ1) is 14.2. The number of ether oxygens (including phenoxy) is 1. The van der Waals surface area contributed by atoms with Crippen LogP contribution in [0.4, 0.5) is 0 Å². The van der Waals surface area contributed by atoms with Crippen molar-refractivity contribution >= 4 is 16.7 Å². The number of rotatable bonds is 7. The third kappa shape index (κ3) is 4.38. The summed E-state index contributed by atoms with van der Waals surface area (Å²) in [6, 6.07) is 12.3. The highest BCUT2D eigenvalue weighted by Crippen LogP contribution is 2.28. The summed E-state index contributed by atoms with van der Waals surface area (Å²) in [6.07, 6.45) is 4.35. The first-order valence-electron chi connectivity index (χ1n) is 10.3. The fourth-order valence-electron chi connectivity index (χ4n) is 4.14. The topological polar surface area (TPSA) is 77.2 Å². The highest BCUT2D eigenvalue weighted by atomic mass is 16.5. The van der Waals surface area contributed by atoms with Crippen molar-refractivity contribution in [1.29, 1.82) is 0 Å². The Morgan fingerprint density at radius 2 is 2.03 bits per heavy atom. The Bertz CT molecular complexity index is 978. The average Bonchev–Trinajstić information content (AvgIpc) is 3.18. The van der Waals surface area contributed by atoms with Gasteiger partial charge in [0.05, 0.1) is 30.1 Å². The lowest BCUT2D eigenvalue weighted by molar-refractivity contribution is -0.118. The molecule has 2 aromatic heterocycles. The molecule has 29 heavy (non-hydrogen) atoms. The number of nitrogens with zero attached hydrogens (tertiary/aromatic N) is 3. The minimum atomic E-state index is -0.173. The Hall–Kier alpha value is -2.57. The van der Waals surface area contributed by atoms with E-state index in [1.165, 1.54) is 0 Å². The first kappa shape index (κ1) is 19.7. The number of hydrogen-bond acceptors (Lipinski definition) is 5. The highest BCUT2D eigenvalue weighted by Gasteiger charge is 2.21. The summed E-state index contributed by atoms with van der Waals surface area (Å²) < 4.78 is 7.42. The van der Waals surface area contributed by atoms with Gasteiger partial charge in [-0.15, -0.1) is 0 Å². The number of pyridine rings is 1. The van der Waals surface area contributed by atoms with Crippen LogP contribution in [-0.2, 0) is 22.6 Å². The van der Waals surface area contributed by atoms with Crippen molar-refractivity contribution < 1.29 is 14.6 Å². The van der Waals surface area contributed by atoms with Crippen molar-refractivity contribution in [2.24, 2.45) is 0 Å². The van der Waals surface area contributed by atoms with E-state index >= 15 is 0 Å². The van der Waals surface area contributed by atoms with Gasteiger partial charge in [-0.3, -0.25) is 14.5 Å². The SMILES string of the molecule is C[C@@H](CC(=O)Cc1cc2cnn(C3CCOCC3)c2c(CO)n1)c1ccccc1. The van der Waals surface area contributed by atoms with E-state index in [-0.39, 0.29) is 30.8 Å². The lowest BCUT2D eigenvalue weighted by atomic mass is 9.94. The van der Waals surface area contributed by atoms with Crippen LogP contribution in [0.3, 0.4) is 0 Å². The summed E-state index contributed by atoms with van der Waals surface area (Å²) in [7, 11) is 0. The molecule has 0 radical (unpaired) electrons. The van der Waals surface area contributed by atoms with E-state index in [1.807, 2.05) is 35.1 Å². The average molecular weight is 393 g/mol. The Balaban J connectivity index is 1.53. The number of ketones is 1. The van der Waals surface area contributed by atoms with Gasteiger partial charge in [0, 0.05) is 37.1 Å². The van der Waals surface area contributed by atoms with Gasteiger partial charge in [0.15, 0.2) is 0 Å². The largest absolute Gasteiger partial charge is 0.390 e. The predicted molar refractivity (Wildman–Crippen MR) is 111 cm³/mol. The van der Waals surface area contributed by atoms with E-state index < -0.39 is 0 Å².